The average Bonchev–Trinajstić information content (AvgIpc) is 3.29. The summed E-state index contributed by atoms with van der Waals surface area (Å²) < 4.78 is 5.40. The number of nitrogens with zero attached hydrogens (tertiary/aromatic N) is 6. The van der Waals surface area contributed by atoms with E-state index >= 15 is 0 Å². The monoisotopic (exact) mass is 370 g/mol. The first-order valence-electron chi connectivity index (χ1n) is 9.16. The summed E-state index contributed by atoms with van der Waals surface area (Å²) in [6, 6.07) is 7.90. The Morgan fingerprint density at radius 2 is 1.93 bits per heavy atom. The van der Waals surface area contributed by atoms with Crippen LogP contribution in [-0.2, 0) is 19.5 Å². The zero-order valence-electron chi connectivity index (χ0n) is 15.2. The van der Waals surface area contributed by atoms with Gasteiger partial charge in [-0.25, -0.2) is 19.9 Å². The molecule has 0 saturated heterocycles. The Balaban J connectivity index is 1.28. The molecule has 7 heteroatoms. The molecule has 0 atom stereocenters. The molecule has 0 saturated carbocycles. The van der Waals surface area contributed by atoms with Crippen LogP contribution in [0.3, 0.4) is 0 Å². The Morgan fingerprint density at radius 1 is 1.00 bits per heavy atom. The minimum atomic E-state index is 0.686. The van der Waals surface area contributed by atoms with Crippen molar-refractivity contribution in [3.63, 3.8) is 0 Å². The number of hydrogen-bond donors (Lipinski definition) is 0. The number of fused-ring (bicyclic) bond motifs is 1. The summed E-state index contributed by atoms with van der Waals surface area (Å²) >= 11 is 0. The first kappa shape index (κ1) is 16.7. The van der Waals surface area contributed by atoms with Crippen molar-refractivity contribution >= 4 is 0 Å². The quantitative estimate of drug-likeness (QED) is 0.546. The number of pyridine rings is 1. The van der Waals surface area contributed by atoms with Crippen molar-refractivity contribution in [3.05, 3.63) is 78.5 Å². The van der Waals surface area contributed by atoms with Crippen molar-refractivity contribution in [2.75, 3.05) is 6.54 Å². The van der Waals surface area contributed by atoms with Gasteiger partial charge < -0.3 is 4.42 Å². The molecule has 5 rings (SSSR count). The van der Waals surface area contributed by atoms with E-state index in [1.54, 1.807) is 18.7 Å². The van der Waals surface area contributed by atoms with E-state index in [4.69, 9.17) is 9.40 Å². The minimum absolute atomic E-state index is 0.686. The zero-order valence-corrected chi connectivity index (χ0v) is 15.2. The topological polar surface area (TPSA) is 80.8 Å². The van der Waals surface area contributed by atoms with Crippen LogP contribution in [0.25, 0.3) is 22.8 Å². The van der Waals surface area contributed by atoms with Crippen molar-refractivity contribution in [2.45, 2.75) is 19.5 Å². The Labute approximate surface area is 162 Å². The predicted molar refractivity (Wildman–Crippen MR) is 103 cm³/mol. The maximum Gasteiger partial charge on any atom is 0.162 e. The molecule has 0 aliphatic carbocycles. The second-order valence-corrected chi connectivity index (χ2v) is 6.78. The second kappa shape index (κ2) is 7.28. The van der Waals surface area contributed by atoms with Gasteiger partial charge in [-0.05, 0) is 23.8 Å². The van der Waals surface area contributed by atoms with Gasteiger partial charge in [0.15, 0.2) is 11.6 Å². The summed E-state index contributed by atoms with van der Waals surface area (Å²) in [5.74, 6) is 1.47. The molecule has 7 nitrogen and oxygen atoms in total. The van der Waals surface area contributed by atoms with Crippen molar-refractivity contribution in [3.8, 4) is 22.8 Å². The van der Waals surface area contributed by atoms with E-state index < -0.39 is 0 Å². The number of aromatic nitrogens is 5. The molecule has 0 radical (unpaired) electrons. The minimum Gasteiger partial charge on any atom is -0.463 e. The molecule has 0 N–H and O–H groups in total. The molecule has 0 aromatic carbocycles. The molecule has 138 valence electrons. The van der Waals surface area contributed by atoms with Gasteiger partial charge in [0.2, 0.25) is 0 Å². The smallest absolute Gasteiger partial charge is 0.162 e. The fraction of sp³-hybridized carbons (Fsp3) is 0.190. The van der Waals surface area contributed by atoms with Crippen LogP contribution in [-0.4, -0.2) is 36.4 Å². The summed E-state index contributed by atoms with van der Waals surface area (Å²) in [7, 11) is 0. The largest absolute Gasteiger partial charge is 0.463 e. The van der Waals surface area contributed by atoms with Gasteiger partial charge in [0.25, 0.3) is 0 Å². The zero-order chi connectivity index (χ0) is 18.8. The fourth-order valence-electron chi connectivity index (χ4n) is 3.41. The molecule has 0 fully saturated rings. The van der Waals surface area contributed by atoms with E-state index in [1.165, 1.54) is 17.5 Å². The van der Waals surface area contributed by atoms with Gasteiger partial charge in [-0.1, -0.05) is 6.07 Å². The maximum atomic E-state index is 5.40. The average molecular weight is 370 g/mol. The fourth-order valence-corrected chi connectivity index (χ4v) is 3.41. The third-order valence-corrected chi connectivity index (χ3v) is 4.84. The first-order chi connectivity index (χ1) is 13.8. The van der Waals surface area contributed by atoms with Gasteiger partial charge in [0.05, 0.1) is 17.5 Å². The Hall–Kier alpha value is -3.45. The van der Waals surface area contributed by atoms with Crippen LogP contribution in [0.4, 0.5) is 0 Å². The number of rotatable bonds is 4. The maximum absolute atomic E-state index is 5.40. The molecule has 28 heavy (non-hydrogen) atoms. The highest BCUT2D eigenvalue weighted by atomic mass is 16.3. The Kier molecular flexibility index (Phi) is 4.34. The molecular formula is C21H18N6O. The molecule has 0 amide bonds. The lowest BCUT2D eigenvalue weighted by Crippen LogP contribution is -2.31. The lowest BCUT2D eigenvalue weighted by atomic mass is 10.1. The summed E-state index contributed by atoms with van der Waals surface area (Å²) in [6.07, 6.45) is 11.4. The lowest BCUT2D eigenvalue weighted by molar-refractivity contribution is 0.242. The molecule has 0 bridgehead atoms. The molecule has 1 aliphatic rings. The van der Waals surface area contributed by atoms with Gasteiger partial charge in [-0.3, -0.25) is 9.88 Å². The van der Waals surface area contributed by atoms with E-state index in [2.05, 4.69) is 30.9 Å². The van der Waals surface area contributed by atoms with Crippen LogP contribution in [0.1, 0.15) is 16.8 Å². The summed E-state index contributed by atoms with van der Waals surface area (Å²) in [5.41, 5.74) is 5.15. The number of hydrogen-bond acceptors (Lipinski definition) is 7. The lowest BCUT2D eigenvalue weighted by Gasteiger charge is -2.28. The third-order valence-electron chi connectivity index (χ3n) is 4.84. The van der Waals surface area contributed by atoms with Crippen LogP contribution in [0.5, 0.6) is 0 Å². The van der Waals surface area contributed by atoms with Gasteiger partial charge in [-0.15, -0.1) is 0 Å². The first-order valence-corrected chi connectivity index (χ1v) is 9.16. The highest BCUT2D eigenvalue weighted by Gasteiger charge is 2.19. The molecular weight excluding hydrogens is 352 g/mol. The normalized spacial score (nSPS) is 14.0. The van der Waals surface area contributed by atoms with Gasteiger partial charge >= 0.3 is 0 Å². The van der Waals surface area contributed by atoms with Crippen LogP contribution < -0.4 is 0 Å². The summed E-state index contributed by atoms with van der Waals surface area (Å²) in [5, 5.41) is 0. The Bertz CT molecular complexity index is 1060. The standard InChI is InChI=1S/C21H18N6O/c1-2-20(28-7-1)19-4-3-15(8-24-19)12-27-6-5-18-17(13-27)11-25-21(26-18)16-9-22-14-23-10-16/h1-4,7-11,14H,5-6,12-13H2. The molecule has 0 spiro atoms. The van der Waals surface area contributed by atoms with E-state index in [9.17, 15) is 0 Å². The van der Waals surface area contributed by atoms with E-state index in [-0.39, 0.29) is 0 Å². The van der Waals surface area contributed by atoms with Crippen LogP contribution >= 0.6 is 0 Å². The highest BCUT2D eigenvalue weighted by molar-refractivity contribution is 5.52. The summed E-state index contributed by atoms with van der Waals surface area (Å²) in [6.45, 7) is 2.63. The van der Waals surface area contributed by atoms with Crippen molar-refractivity contribution in [2.24, 2.45) is 0 Å². The van der Waals surface area contributed by atoms with Crippen molar-refractivity contribution < 1.29 is 4.42 Å². The van der Waals surface area contributed by atoms with Crippen LogP contribution in [0.15, 0.2) is 66.1 Å². The molecule has 0 unspecified atom stereocenters. The van der Waals surface area contributed by atoms with Gasteiger partial charge in [-0.2, -0.15) is 0 Å². The van der Waals surface area contributed by atoms with Gasteiger partial charge in [0.1, 0.15) is 12.0 Å². The third kappa shape index (κ3) is 3.39. The van der Waals surface area contributed by atoms with Crippen LogP contribution in [0.2, 0.25) is 0 Å². The van der Waals surface area contributed by atoms with Crippen molar-refractivity contribution in [1.82, 2.24) is 29.8 Å². The van der Waals surface area contributed by atoms with Gasteiger partial charge in [0, 0.05) is 56.4 Å². The van der Waals surface area contributed by atoms with Crippen LogP contribution in [0, 0.1) is 0 Å². The van der Waals surface area contributed by atoms with E-state index in [0.717, 1.165) is 48.8 Å². The van der Waals surface area contributed by atoms with E-state index in [1.807, 2.05) is 30.6 Å². The summed E-state index contributed by atoms with van der Waals surface area (Å²) in [4.78, 5) is 24.2. The van der Waals surface area contributed by atoms with E-state index in [0.29, 0.717) is 5.82 Å². The molecule has 4 aromatic heterocycles. The molecule has 5 heterocycles. The molecule has 1 aliphatic heterocycles. The Morgan fingerprint density at radius 3 is 2.71 bits per heavy atom. The second-order valence-electron chi connectivity index (χ2n) is 6.78. The molecule has 4 aromatic rings. The van der Waals surface area contributed by atoms with Crippen molar-refractivity contribution in [1.29, 1.82) is 0 Å². The highest BCUT2D eigenvalue weighted by Crippen LogP contribution is 2.22. The predicted octanol–water partition coefficient (Wildman–Crippen LogP) is 3.15. The SMILES string of the molecule is c1coc(-c2ccc(CN3CCc4nc(-c5cncnc5)ncc4C3)cn2)c1. The number of furan rings is 1.